The van der Waals surface area contributed by atoms with Gasteiger partial charge in [0.15, 0.2) is 0 Å². The zero-order valence-electron chi connectivity index (χ0n) is 10.9. The van der Waals surface area contributed by atoms with Crippen molar-refractivity contribution in [2.75, 3.05) is 13.7 Å². The number of methoxy groups -OCH3 is 1. The molecule has 6 heteroatoms. The molecule has 0 fully saturated rings. The third kappa shape index (κ3) is 6.78. The number of amides is 2. The first kappa shape index (κ1) is 15.7. The van der Waals surface area contributed by atoms with Gasteiger partial charge >= 0.3 is 12.0 Å². The molecule has 0 radical (unpaired) electrons. The fourth-order valence-electron chi connectivity index (χ4n) is 1.12. The van der Waals surface area contributed by atoms with Crippen LogP contribution in [-0.2, 0) is 9.53 Å². The normalized spacial score (nSPS) is 12.9. The highest BCUT2D eigenvalue weighted by Crippen LogP contribution is 2.04. The third-order valence-corrected chi connectivity index (χ3v) is 2.41. The lowest BCUT2D eigenvalue weighted by Crippen LogP contribution is -2.49. The fourth-order valence-corrected chi connectivity index (χ4v) is 1.12. The number of carboxylic acid groups (broad SMARTS) is 1. The van der Waals surface area contributed by atoms with Crippen molar-refractivity contribution in [3.8, 4) is 0 Å². The number of nitrogens with one attached hydrogen (secondary N) is 2. The van der Waals surface area contributed by atoms with Crippen molar-refractivity contribution in [1.29, 1.82) is 0 Å². The first-order valence-electron chi connectivity index (χ1n) is 5.64. The Hall–Kier alpha value is -1.30. The number of hydrogen-bond acceptors (Lipinski definition) is 3. The highest BCUT2D eigenvalue weighted by molar-refractivity contribution is 5.82. The summed E-state index contributed by atoms with van der Waals surface area (Å²) < 4.78 is 5.13. The summed E-state index contributed by atoms with van der Waals surface area (Å²) in [4.78, 5) is 22.3. The van der Waals surface area contributed by atoms with E-state index in [-0.39, 0.29) is 0 Å². The SMILES string of the molecule is CCCC(NC(=O)NCC(C)(C)OC)C(=O)O. The first-order chi connectivity index (χ1) is 7.82. The summed E-state index contributed by atoms with van der Waals surface area (Å²) >= 11 is 0. The van der Waals surface area contributed by atoms with Crippen LogP contribution in [0.5, 0.6) is 0 Å². The summed E-state index contributed by atoms with van der Waals surface area (Å²) in [5.74, 6) is -1.02. The van der Waals surface area contributed by atoms with Crippen molar-refractivity contribution in [2.45, 2.75) is 45.3 Å². The van der Waals surface area contributed by atoms with Crippen molar-refractivity contribution in [3.05, 3.63) is 0 Å². The van der Waals surface area contributed by atoms with Crippen molar-refractivity contribution in [3.63, 3.8) is 0 Å². The van der Waals surface area contributed by atoms with Crippen LogP contribution < -0.4 is 10.6 Å². The number of rotatable bonds is 7. The Kier molecular flexibility index (Phi) is 6.57. The molecule has 100 valence electrons. The van der Waals surface area contributed by atoms with Gasteiger partial charge in [0.25, 0.3) is 0 Å². The van der Waals surface area contributed by atoms with Crippen LogP contribution >= 0.6 is 0 Å². The Morgan fingerprint density at radius 2 is 2.00 bits per heavy atom. The summed E-state index contributed by atoms with van der Waals surface area (Å²) in [6, 6.07) is -1.33. The fraction of sp³-hybridized carbons (Fsp3) is 0.818. The number of carboxylic acids is 1. The van der Waals surface area contributed by atoms with Crippen molar-refractivity contribution < 1.29 is 19.4 Å². The highest BCUT2D eigenvalue weighted by Gasteiger charge is 2.21. The molecule has 0 bridgehead atoms. The molecule has 0 saturated carbocycles. The Labute approximate surface area is 102 Å². The van der Waals surface area contributed by atoms with E-state index in [1.54, 1.807) is 7.11 Å². The minimum absolute atomic E-state index is 0.313. The summed E-state index contributed by atoms with van der Waals surface area (Å²) in [5, 5.41) is 13.8. The molecule has 0 aliphatic heterocycles. The lowest BCUT2D eigenvalue weighted by molar-refractivity contribution is -0.139. The number of carbonyl (C=O) groups excluding carboxylic acids is 1. The number of urea groups is 1. The molecule has 2 amide bonds. The van der Waals surface area contributed by atoms with E-state index in [4.69, 9.17) is 9.84 Å². The lowest BCUT2D eigenvalue weighted by atomic mass is 10.1. The molecule has 0 rings (SSSR count). The molecule has 6 nitrogen and oxygen atoms in total. The van der Waals surface area contributed by atoms with Crippen LogP contribution in [0.1, 0.15) is 33.6 Å². The van der Waals surface area contributed by atoms with E-state index in [1.165, 1.54) is 0 Å². The molecular weight excluding hydrogens is 224 g/mol. The smallest absolute Gasteiger partial charge is 0.326 e. The van der Waals surface area contributed by atoms with Crippen molar-refractivity contribution >= 4 is 12.0 Å². The summed E-state index contributed by atoms with van der Waals surface area (Å²) in [6.45, 7) is 5.83. The molecule has 3 N–H and O–H groups in total. The summed E-state index contributed by atoms with van der Waals surface area (Å²) in [7, 11) is 1.55. The quantitative estimate of drug-likeness (QED) is 0.624. The number of aliphatic carboxylic acids is 1. The van der Waals surface area contributed by atoms with E-state index in [0.717, 1.165) is 0 Å². The third-order valence-electron chi connectivity index (χ3n) is 2.41. The Bertz CT molecular complexity index is 266. The molecule has 17 heavy (non-hydrogen) atoms. The van der Waals surface area contributed by atoms with Crippen molar-refractivity contribution in [1.82, 2.24) is 10.6 Å². The molecule has 0 aromatic carbocycles. The van der Waals surface area contributed by atoms with Gasteiger partial charge in [-0.1, -0.05) is 13.3 Å². The van der Waals surface area contributed by atoms with Crippen LogP contribution in [0.3, 0.4) is 0 Å². The second-order valence-electron chi connectivity index (χ2n) is 4.47. The zero-order chi connectivity index (χ0) is 13.5. The standard InChI is InChI=1S/C11H22N2O4/c1-5-6-8(9(14)15)13-10(16)12-7-11(2,3)17-4/h8H,5-7H2,1-4H3,(H,14,15)(H2,12,13,16). The van der Waals surface area contributed by atoms with Gasteiger partial charge in [0.05, 0.1) is 5.60 Å². The maximum Gasteiger partial charge on any atom is 0.326 e. The average molecular weight is 246 g/mol. The Morgan fingerprint density at radius 3 is 2.41 bits per heavy atom. The molecule has 0 aliphatic rings. The second kappa shape index (κ2) is 7.11. The molecule has 0 aromatic rings. The molecule has 0 saturated heterocycles. The zero-order valence-corrected chi connectivity index (χ0v) is 10.9. The number of ether oxygens (including phenoxy) is 1. The van der Waals surface area contributed by atoms with E-state index in [1.807, 2.05) is 20.8 Å². The van der Waals surface area contributed by atoms with Crippen LogP contribution in [-0.4, -0.2) is 42.4 Å². The molecule has 0 heterocycles. The number of hydrogen-bond donors (Lipinski definition) is 3. The van der Waals surface area contributed by atoms with Gasteiger partial charge in [-0.2, -0.15) is 0 Å². The predicted molar refractivity (Wildman–Crippen MR) is 64.0 cm³/mol. The molecule has 1 atom stereocenters. The van der Waals surface area contributed by atoms with Gasteiger partial charge in [0.1, 0.15) is 6.04 Å². The van der Waals surface area contributed by atoms with Crippen LogP contribution in [0.25, 0.3) is 0 Å². The van der Waals surface area contributed by atoms with Crippen LogP contribution in [0, 0.1) is 0 Å². The van der Waals surface area contributed by atoms with E-state index < -0.39 is 23.6 Å². The van der Waals surface area contributed by atoms with Gasteiger partial charge in [-0.25, -0.2) is 9.59 Å². The molecule has 0 aromatic heterocycles. The van der Waals surface area contributed by atoms with Crippen molar-refractivity contribution in [2.24, 2.45) is 0 Å². The van der Waals surface area contributed by atoms with Crippen LogP contribution in [0.15, 0.2) is 0 Å². The average Bonchev–Trinajstić information content (AvgIpc) is 2.26. The maximum atomic E-state index is 11.5. The van der Waals surface area contributed by atoms with E-state index in [2.05, 4.69) is 10.6 Å². The largest absolute Gasteiger partial charge is 0.480 e. The predicted octanol–water partition coefficient (Wildman–Crippen LogP) is 0.964. The highest BCUT2D eigenvalue weighted by atomic mass is 16.5. The number of carbonyl (C=O) groups is 2. The minimum atomic E-state index is -1.02. The molecule has 0 spiro atoms. The summed E-state index contributed by atoms with van der Waals surface area (Å²) in [5.41, 5.74) is -0.471. The molecule has 0 aliphatic carbocycles. The van der Waals surface area contributed by atoms with Crippen LogP contribution in [0.4, 0.5) is 4.79 Å². The maximum absolute atomic E-state index is 11.5. The first-order valence-corrected chi connectivity index (χ1v) is 5.64. The van der Waals surface area contributed by atoms with Gasteiger partial charge in [-0.05, 0) is 20.3 Å². The monoisotopic (exact) mass is 246 g/mol. The molecule has 1 unspecified atom stereocenters. The minimum Gasteiger partial charge on any atom is -0.480 e. The van der Waals surface area contributed by atoms with Gasteiger partial charge in [0, 0.05) is 13.7 Å². The lowest BCUT2D eigenvalue weighted by Gasteiger charge is -2.23. The Balaban J connectivity index is 4.11. The molecular formula is C11H22N2O4. The topological polar surface area (TPSA) is 87.7 Å². The van der Waals surface area contributed by atoms with Gasteiger partial charge in [-0.3, -0.25) is 0 Å². The second-order valence-corrected chi connectivity index (χ2v) is 4.47. The van der Waals surface area contributed by atoms with E-state index in [9.17, 15) is 9.59 Å². The van der Waals surface area contributed by atoms with E-state index in [0.29, 0.717) is 19.4 Å². The van der Waals surface area contributed by atoms with Gasteiger partial charge < -0.3 is 20.5 Å². The Morgan fingerprint density at radius 1 is 1.41 bits per heavy atom. The van der Waals surface area contributed by atoms with Crippen LogP contribution in [0.2, 0.25) is 0 Å². The van der Waals surface area contributed by atoms with Gasteiger partial charge in [-0.15, -0.1) is 0 Å². The summed E-state index contributed by atoms with van der Waals surface area (Å²) in [6.07, 6.45) is 1.11. The van der Waals surface area contributed by atoms with E-state index >= 15 is 0 Å². The van der Waals surface area contributed by atoms with Gasteiger partial charge in [0.2, 0.25) is 0 Å².